The van der Waals surface area contributed by atoms with Gasteiger partial charge in [0.05, 0.1) is 25.8 Å². The predicted molar refractivity (Wildman–Crippen MR) is 112 cm³/mol. The van der Waals surface area contributed by atoms with E-state index in [9.17, 15) is 14.4 Å². The molecule has 0 saturated carbocycles. The van der Waals surface area contributed by atoms with E-state index in [0.29, 0.717) is 31.9 Å². The third-order valence-corrected chi connectivity index (χ3v) is 6.11. The molecule has 158 valence electrons. The van der Waals surface area contributed by atoms with E-state index in [4.69, 9.17) is 20.2 Å². The molecule has 1 fully saturated rings. The van der Waals surface area contributed by atoms with Gasteiger partial charge in [-0.2, -0.15) is 0 Å². The Bertz CT molecular complexity index is 767. The van der Waals surface area contributed by atoms with Gasteiger partial charge in [0.15, 0.2) is 0 Å². The number of primary amides is 1. The Hall–Kier alpha value is -2.35. The maximum atomic E-state index is 12.5. The quantitative estimate of drug-likeness (QED) is 0.278. The van der Waals surface area contributed by atoms with Crippen LogP contribution >= 0.6 is 8.38 Å². The number of aldehydes is 1. The van der Waals surface area contributed by atoms with Crippen molar-refractivity contribution in [2.45, 2.75) is 32.7 Å². The fourth-order valence-corrected chi connectivity index (χ4v) is 4.35. The molecule has 4 N–H and O–H groups in total. The van der Waals surface area contributed by atoms with Crippen molar-refractivity contribution in [2.24, 2.45) is 5.73 Å². The summed E-state index contributed by atoms with van der Waals surface area (Å²) in [5.74, 6) is -1.09. The number of anilines is 1. The summed E-state index contributed by atoms with van der Waals surface area (Å²) < 4.78 is 11.3. The van der Waals surface area contributed by atoms with Gasteiger partial charge in [0.1, 0.15) is 12.0 Å². The Kier molecular flexibility index (Phi) is 8.70. The normalized spacial score (nSPS) is 16.1. The number of amides is 2. The second kappa shape index (κ2) is 11.0. The molecule has 2 amide bonds. The molecule has 0 radical (unpaired) electrons. The molecule has 0 aliphatic carbocycles. The zero-order valence-electron chi connectivity index (χ0n) is 16.6. The second-order valence-electron chi connectivity index (χ2n) is 6.35. The SMILES string of the molecule is CCOP(OCC)c1ccc(C(=N)C(N)=O)c(NCC(=O)N2CCCC2C=O)c1. The number of nitrogens with two attached hydrogens (primary N) is 1. The van der Waals surface area contributed by atoms with Crippen molar-refractivity contribution >= 4 is 43.2 Å². The van der Waals surface area contributed by atoms with E-state index >= 15 is 0 Å². The van der Waals surface area contributed by atoms with Gasteiger partial charge in [-0.3, -0.25) is 15.0 Å². The summed E-state index contributed by atoms with van der Waals surface area (Å²) in [7, 11) is -1.33. The van der Waals surface area contributed by atoms with Gasteiger partial charge in [-0.1, -0.05) is 0 Å². The largest absolute Gasteiger partial charge is 0.376 e. The van der Waals surface area contributed by atoms with Gasteiger partial charge in [0.25, 0.3) is 5.91 Å². The number of nitrogens with one attached hydrogen (secondary N) is 2. The monoisotopic (exact) mass is 422 g/mol. The highest BCUT2D eigenvalue weighted by Gasteiger charge is 2.28. The Labute approximate surface area is 171 Å². The molecule has 2 rings (SSSR count). The molecule has 1 aliphatic heterocycles. The van der Waals surface area contributed by atoms with Gasteiger partial charge >= 0.3 is 0 Å². The highest BCUT2D eigenvalue weighted by Crippen LogP contribution is 2.38. The molecule has 1 aromatic carbocycles. The lowest BCUT2D eigenvalue weighted by Crippen LogP contribution is -2.40. The Balaban J connectivity index is 2.26. The van der Waals surface area contributed by atoms with Crippen LogP contribution < -0.4 is 16.4 Å². The van der Waals surface area contributed by atoms with Crippen LogP contribution in [0.4, 0.5) is 5.69 Å². The topological polar surface area (TPSA) is 135 Å². The molecule has 0 bridgehead atoms. The summed E-state index contributed by atoms with van der Waals surface area (Å²) in [6, 6.07) is 4.62. The number of hydrogen-bond acceptors (Lipinski definition) is 7. The van der Waals surface area contributed by atoms with E-state index in [1.807, 2.05) is 13.8 Å². The summed E-state index contributed by atoms with van der Waals surface area (Å²) >= 11 is 0. The van der Waals surface area contributed by atoms with E-state index in [0.717, 1.165) is 18.0 Å². The van der Waals surface area contributed by atoms with Crippen LogP contribution in [0, 0.1) is 5.41 Å². The van der Waals surface area contributed by atoms with Crippen molar-refractivity contribution in [1.29, 1.82) is 5.41 Å². The number of rotatable bonds is 11. The highest BCUT2D eigenvalue weighted by molar-refractivity contribution is 7.56. The van der Waals surface area contributed by atoms with E-state index in [2.05, 4.69) is 5.32 Å². The first-order chi connectivity index (χ1) is 13.9. The first-order valence-electron chi connectivity index (χ1n) is 9.50. The summed E-state index contributed by atoms with van der Waals surface area (Å²) in [6.07, 6.45) is 2.24. The van der Waals surface area contributed by atoms with Gasteiger partial charge in [-0.05, 0) is 44.9 Å². The highest BCUT2D eigenvalue weighted by atomic mass is 31.2. The molecular weight excluding hydrogens is 395 g/mol. The average molecular weight is 422 g/mol. The van der Waals surface area contributed by atoms with Gasteiger partial charge in [-0.15, -0.1) is 0 Å². The smallest absolute Gasteiger partial charge is 0.267 e. The predicted octanol–water partition coefficient (Wildman–Crippen LogP) is 1.15. The number of likely N-dealkylation sites (tertiary alicyclic amines) is 1. The van der Waals surface area contributed by atoms with Crippen molar-refractivity contribution in [3.63, 3.8) is 0 Å². The number of carbonyl (C=O) groups is 3. The second-order valence-corrected chi connectivity index (χ2v) is 7.90. The minimum absolute atomic E-state index is 0.0754. The Morgan fingerprint density at radius 2 is 2.03 bits per heavy atom. The summed E-state index contributed by atoms with van der Waals surface area (Å²) in [5.41, 5.74) is 5.60. The third kappa shape index (κ3) is 5.82. The number of nitrogens with zero attached hydrogens (tertiary/aromatic N) is 1. The molecule has 1 unspecified atom stereocenters. The fourth-order valence-electron chi connectivity index (χ4n) is 3.08. The van der Waals surface area contributed by atoms with Crippen LogP contribution in [0.2, 0.25) is 0 Å². The van der Waals surface area contributed by atoms with Gasteiger partial charge in [-0.25, -0.2) is 0 Å². The summed E-state index contributed by atoms with van der Waals surface area (Å²) in [4.78, 5) is 36.7. The Morgan fingerprint density at radius 1 is 1.34 bits per heavy atom. The van der Waals surface area contributed by atoms with Crippen LogP contribution in [0.1, 0.15) is 32.3 Å². The van der Waals surface area contributed by atoms with Crippen LogP contribution in [-0.4, -0.2) is 61.1 Å². The standard InChI is InChI=1S/C19H27N4O5P/c1-3-27-29(28-4-2)14-7-8-15(18(20)19(21)26)16(10-14)22-11-17(25)23-9-5-6-13(23)12-24/h7-8,10,12-13,20,22H,3-6,9,11H2,1-2H3,(H2,21,26). The third-order valence-electron chi connectivity index (χ3n) is 4.43. The minimum atomic E-state index is -1.33. The van der Waals surface area contributed by atoms with Crippen molar-refractivity contribution < 1.29 is 23.4 Å². The molecule has 0 aromatic heterocycles. The maximum absolute atomic E-state index is 12.5. The van der Waals surface area contributed by atoms with Gasteiger partial charge in [0, 0.05) is 23.1 Å². The first-order valence-corrected chi connectivity index (χ1v) is 10.7. The van der Waals surface area contributed by atoms with Crippen LogP contribution in [0.5, 0.6) is 0 Å². The number of hydrogen-bond donors (Lipinski definition) is 3. The van der Waals surface area contributed by atoms with Crippen molar-refractivity contribution in [2.75, 3.05) is 31.6 Å². The van der Waals surface area contributed by atoms with Crippen molar-refractivity contribution in [3.8, 4) is 0 Å². The molecule has 1 aromatic rings. The van der Waals surface area contributed by atoms with Crippen LogP contribution in [-0.2, 0) is 23.4 Å². The number of carbonyl (C=O) groups excluding carboxylic acids is 3. The molecule has 1 saturated heterocycles. The van der Waals surface area contributed by atoms with E-state index in [-0.39, 0.29) is 23.7 Å². The molecule has 0 spiro atoms. The van der Waals surface area contributed by atoms with E-state index < -0.39 is 20.3 Å². The zero-order valence-corrected chi connectivity index (χ0v) is 17.5. The Morgan fingerprint density at radius 3 is 2.62 bits per heavy atom. The lowest BCUT2D eigenvalue weighted by atomic mass is 10.1. The molecule has 29 heavy (non-hydrogen) atoms. The average Bonchev–Trinajstić information content (AvgIpc) is 3.20. The van der Waals surface area contributed by atoms with Gasteiger partial charge in [0.2, 0.25) is 14.3 Å². The van der Waals surface area contributed by atoms with E-state index in [1.165, 1.54) is 4.90 Å². The lowest BCUT2D eigenvalue weighted by molar-refractivity contribution is -0.132. The molecule has 9 nitrogen and oxygen atoms in total. The van der Waals surface area contributed by atoms with Crippen molar-refractivity contribution in [3.05, 3.63) is 23.8 Å². The summed E-state index contributed by atoms with van der Waals surface area (Å²) in [6.45, 7) is 5.12. The first kappa shape index (κ1) is 22.9. The van der Waals surface area contributed by atoms with Crippen LogP contribution in [0.3, 0.4) is 0 Å². The molecular formula is C19H27N4O5P. The lowest BCUT2D eigenvalue weighted by Gasteiger charge is -2.22. The zero-order chi connectivity index (χ0) is 21.4. The summed E-state index contributed by atoms with van der Waals surface area (Å²) in [5, 5.41) is 11.7. The van der Waals surface area contributed by atoms with Crippen LogP contribution in [0.25, 0.3) is 0 Å². The van der Waals surface area contributed by atoms with Crippen LogP contribution in [0.15, 0.2) is 18.2 Å². The van der Waals surface area contributed by atoms with Gasteiger partial charge < -0.3 is 29.8 Å². The molecule has 10 heteroatoms. The van der Waals surface area contributed by atoms with Crippen molar-refractivity contribution in [1.82, 2.24) is 4.90 Å². The molecule has 1 atom stereocenters. The fraction of sp³-hybridized carbons (Fsp3) is 0.474. The molecule has 1 heterocycles. The number of benzene rings is 1. The molecule has 1 aliphatic rings. The maximum Gasteiger partial charge on any atom is 0.267 e. The van der Waals surface area contributed by atoms with E-state index in [1.54, 1.807) is 18.2 Å². The minimum Gasteiger partial charge on any atom is -0.376 e.